The minimum Gasteiger partial charge on any atom is -0.481 e. The Morgan fingerprint density at radius 1 is 1.02 bits per heavy atom. The number of morpholine rings is 1. The second kappa shape index (κ2) is 19.4. The van der Waals surface area contributed by atoms with Crippen molar-refractivity contribution in [3.63, 3.8) is 0 Å². The van der Waals surface area contributed by atoms with Crippen molar-refractivity contribution in [3.8, 4) is 11.1 Å². The van der Waals surface area contributed by atoms with Crippen molar-refractivity contribution in [3.05, 3.63) is 91.1 Å². The van der Waals surface area contributed by atoms with E-state index in [1.165, 1.54) is 0 Å². The predicted octanol–water partition coefficient (Wildman–Crippen LogP) is 7.09. The smallest absolute Gasteiger partial charge is 0.431 e. The zero-order chi connectivity index (χ0) is 40.5. The molecule has 0 saturated carbocycles. The van der Waals surface area contributed by atoms with Gasteiger partial charge in [-0.15, -0.1) is 0 Å². The second-order valence-electron chi connectivity index (χ2n) is 14.1. The molecular weight excluding hydrogens is 732 g/mol. The van der Waals surface area contributed by atoms with E-state index in [1.54, 1.807) is 19.1 Å². The fraction of sp³-hybridized carbons (Fsp3) is 0.487. The number of carbonyl (C=O) groups is 3. The molecule has 10 nitrogen and oxygen atoms in total. The average molecular weight is 781 g/mol. The molecule has 1 aliphatic rings. The lowest BCUT2D eigenvalue weighted by molar-refractivity contribution is -0.144. The summed E-state index contributed by atoms with van der Waals surface area (Å²) >= 11 is 6.07. The van der Waals surface area contributed by atoms with Crippen LogP contribution in [0.3, 0.4) is 0 Å². The third kappa shape index (κ3) is 12.1. The summed E-state index contributed by atoms with van der Waals surface area (Å²) in [5.41, 5.74) is 1.82. The summed E-state index contributed by atoms with van der Waals surface area (Å²) in [7, 11) is 0. The van der Waals surface area contributed by atoms with Crippen molar-refractivity contribution in [1.82, 2.24) is 20.1 Å². The quantitative estimate of drug-likeness (QED) is 0.125. The molecule has 3 aromatic rings. The van der Waals surface area contributed by atoms with E-state index in [-0.39, 0.29) is 36.4 Å². The molecule has 2 aromatic carbocycles. The van der Waals surface area contributed by atoms with Gasteiger partial charge in [0.2, 0.25) is 6.41 Å². The lowest BCUT2D eigenvalue weighted by atomic mass is 9.90. The van der Waals surface area contributed by atoms with E-state index >= 15 is 0 Å². The Morgan fingerprint density at radius 2 is 1.63 bits per heavy atom. The van der Waals surface area contributed by atoms with Gasteiger partial charge in [-0.3, -0.25) is 24.1 Å². The Kier molecular flexibility index (Phi) is 15.8. The number of ether oxygens (including phenoxy) is 1. The van der Waals surface area contributed by atoms with Gasteiger partial charge in [-0.25, -0.2) is 4.39 Å². The summed E-state index contributed by atoms with van der Waals surface area (Å²) < 4.78 is 61.3. The molecule has 0 radical (unpaired) electrons. The van der Waals surface area contributed by atoms with Crippen LogP contribution in [0.15, 0.2) is 41.2 Å². The number of aromatic nitrogens is 1. The first-order valence-corrected chi connectivity index (χ1v) is 18.1. The van der Waals surface area contributed by atoms with E-state index in [1.807, 2.05) is 58.6 Å². The van der Waals surface area contributed by atoms with Crippen LogP contribution >= 0.6 is 11.6 Å². The van der Waals surface area contributed by atoms with E-state index in [2.05, 4.69) is 10.6 Å². The summed E-state index contributed by atoms with van der Waals surface area (Å²) in [6.07, 6.45) is -4.05. The molecule has 1 aromatic heterocycles. The van der Waals surface area contributed by atoms with Crippen LogP contribution in [0.5, 0.6) is 0 Å². The molecule has 0 aliphatic carbocycles. The Bertz CT molecular complexity index is 1830. The minimum absolute atomic E-state index is 0.0318. The van der Waals surface area contributed by atoms with Gasteiger partial charge in [0.15, 0.2) is 0 Å². The fourth-order valence-electron chi connectivity index (χ4n) is 6.57. The number of rotatable bonds is 13. The number of carboxylic acid groups (broad SMARTS) is 1. The van der Waals surface area contributed by atoms with E-state index < -0.39 is 47.6 Å². The highest BCUT2D eigenvalue weighted by molar-refractivity contribution is 6.30. The van der Waals surface area contributed by atoms with Gasteiger partial charge < -0.3 is 25.0 Å². The molecule has 1 saturated heterocycles. The molecule has 15 heteroatoms. The predicted molar refractivity (Wildman–Crippen MR) is 199 cm³/mol. The molecule has 0 unspecified atom stereocenters. The first kappa shape index (κ1) is 44.1. The van der Waals surface area contributed by atoms with Gasteiger partial charge in [0.1, 0.15) is 17.1 Å². The van der Waals surface area contributed by atoms with Crippen molar-refractivity contribution in [2.75, 3.05) is 26.2 Å². The van der Waals surface area contributed by atoms with Gasteiger partial charge in [-0.1, -0.05) is 25.4 Å². The first-order chi connectivity index (χ1) is 25.2. The highest BCUT2D eigenvalue weighted by atomic mass is 35.5. The van der Waals surface area contributed by atoms with Crippen molar-refractivity contribution in [2.24, 2.45) is 5.92 Å². The van der Waals surface area contributed by atoms with Crippen molar-refractivity contribution < 1.29 is 41.8 Å². The largest absolute Gasteiger partial charge is 0.481 e. The van der Waals surface area contributed by atoms with Crippen LogP contribution in [0.2, 0.25) is 5.02 Å². The number of pyridine rings is 1. The van der Waals surface area contributed by atoms with Crippen LogP contribution in [0.25, 0.3) is 11.1 Å². The van der Waals surface area contributed by atoms with Crippen molar-refractivity contribution in [1.29, 1.82) is 0 Å². The Hall–Kier alpha value is -4.27. The van der Waals surface area contributed by atoms with Crippen LogP contribution in [0.1, 0.15) is 84.9 Å². The number of hydrogen-bond donors (Lipinski definition) is 3. The molecule has 2 heterocycles. The molecular formula is C39H49ClF4N4O6. The number of nitrogens with one attached hydrogen (secondary N) is 2. The van der Waals surface area contributed by atoms with Gasteiger partial charge in [0, 0.05) is 43.3 Å². The number of amides is 2. The van der Waals surface area contributed by atoms with Crippen LogP contribution in [-0.2, 0) is 27.0 Å². The van der Waals surface area contributed by atoms with Gasteiger partial charge in [0.05, 0.1) is 24.7 Å². The average Bonchev–Trinajstić information content (AvgIpc) is 3.04. The Morgan fingerprint density at radius 3 is 2.17 bits per heavy atom. The van der Waals surface area contributed by atoms with E-state index in [4.69, 9.17) is 21.4 Å². The monoisotopic (exact) mass is 780 g/mol. The summed E-state index contributed by atoms with van der Waals surface area (Å²) in [5.74, 6) is -1.93. The van der Waals surface area contributed by atoms with Gasteiger partial charge in [-0.05, 0) is 111 Å². The van der Waals surface area contributed by atoms with E-state index in [0.29, 0.717) is 53.5 Å². The zero-order valence-corrected chi connectivity index (χ0v) is 32.3. The van der Waals surface area contributed by atoms with Crippen LogP contribution < -0.4 is 16.2 Å². The van der Waals surface area contributed by atoms with Gasteiger partial charge in [-0.2, -0.15) is 13.2 Å². The highest BCUT2D eigenvalue weighted by Crippen LogP contribution is 2.34. The maximum Gasteiger partial charge on any atom is 0.431 e. The maximum atomic E-state index is 14.6. The summed E-state index contributed by atoms with van der Waals surface area (Å²) in [5, 5.41) is 14.7. The molecule has 0 bridgehead atoms. The van der Waals surface area contributed by atoms with Crippen LogP contribution in [0.4, 0.5) is 17.6 Å². The number of carboxylic acids is 1. The van der Waals surface area contributed by atoms with E-state index in [0.717, 1.165) is 34.4 Å². The standard InChI is InChI=1S/C20H30F3N3O3.C19H19ClFNO3/c1-13(2)7-8-24-18(27)16-5-6-17(20(21,22)23)26(19(16)28)10-9-25-11-14(3)29-15(4)12-25;1-10-5-14(20)6-11(2)18(10)13-4-12(3)19(21)15(7-13)16(22-9-23)8-17(24)25/h5-6,13-15H,7-12H2,1-4H3,(H,24,27);4-7,9,16H,8H2,1-3H3,(H,22,23)(H,24,25)/t14-,15-;16-/m10/s1. The van der Waals surface area contributed by atoms with Crippen molar-refractivity contribution in [2.45, 2.75) is 92.3 Å². The third-order valence-corrected chi connectivity index (χ3v) is 9.16. The number of hydrogen-bond acceptors (Lipinski definition) is 6. The SMILES string of the molecule is CC(C)CCNC(=O)c1ccc(C(F)(F)F)n(CCN2C[C@@H](C)O[C@H](C)C2)c1=O.Cc1cc(-c2c(C)cc(Cl)cc2C)cc([C@H](CC(=O)O)NC=O)c1F. The number of halogens is 5. The second-order valence-corrected chi connectivity index (χ2v) is 14.5. The topological polar surface area (TPSA) is 130 Å². The maximum absolute atomic E-state index is 14.6. The van der Waals surface area contributed by atoms with E-state index in [9.17, 15) is 36.7 Å². The normalized spacial score (nSPS) is 16.7. The first-order valence-electron chi connectivity index (χ1n) is 17.7. The molecule has 4 rings (SSSR count). The number of carbonyl (C=O) groups excluding carboxylic acids is 2. The van der Waals surface area contributed by atoms with Crippen molar-refractivity contribution >= 4 is 29.9 Å². The third-order valence-electron chi connectivity index (χ3n) is 8.94. The molecule has 0 spiro atoms. The summed E-state index contributed by atoms with van der Waals surface area (Å²) in [6.45, 7) is 14.8. The number of alkyl halides is 3. The number of nitrogens with zero attached hydrogens (tertiary/aromatic N) is 2. The molecule has 1 fully saturated rings. The summed E-state index contributed by atoms with van der Waals surface area (Å²) in [4.78, 5) is 48.9. The molecule has 54 heavy (non-hydrogen) atoms. The van der Waals surface area contributed by atoms with Gasteiger partial charge >= 0.3 is 12.1 Å². The van der Waals surface area contributed by atoms with Crippen LogP contribution in [-0.4, -0.2) is 71.2 Å². The Labute approximate surface area is 317 Å². The summed E-state index contributed by atoms with van der Waals surface area (Å²) in [6, 6.07) is 7.77. The van der Waals surface area contributed by atoms with Crippen LogP contribution in [0, 0.1) is 32.5 Å². The zero-order valence-electron chi connectivity index (χ0n) is 31.6. The number of aliphatic carboxylic acids is 1. The Balaban J connectivity index is 0.000000294. The fourth-order valence-corrected chi connectivity index (χ4v) is 6.90. The molecule has 2 amide bonds. The molecule has 3 atom stereocenters. The molecule has 296 valence electrons. The molecule has 3 N–H and O–H groups in total. The lowest BCUT2D eigenvalue weighted by Gasteiger charge is -2.35. The highest BCUT2D eigenvalue weighted by Gasteiger charge is 2.35. The lowest BCUT2D eigenvalue weighted by Crippen LogP contribution is -2.47. The number of benzene rings is 2. The number of aryl methyl sites for hydroxylation is 3. The molecule has 1 aliphatic heterocycles. The van der Waals surface area contributed by atoms with Gasteiger partial charge in [0.25, 0.3) is 11.5 Å². The minimum atomic E-state index is -4.68.